The van der Waals surface area contributed by atoms with Crippen LogP contribution in [0.3, 0.4) is 0 Å². The Hall–Kier alpha value is -2.43. The van der Waals surface area contributed by atoms with E-state index < -0.39 is 0 Å². The molecule has 5 nitrogen and oxygen atoms in total. The van der Waals surface area contributed by atoms with Gasteiger partial charge in [0, 0.05) is 19.2 Å². The molecule has 1 aromatic heterocycles. The van der Waals surface area contributed by atoms with E-state index in [1.807, 2.05) is 0 Å². The van der Waals surface area contributed by atoms with Crippen molar-refractivity contribution in [3.63, 3.8) is 0 Å². The molecule has 0 fully saturated rings. The van der Waals surface area contributed by atoms with Gasteiger partial charge in [0.15, 0.2) is 0 Å². The van der Waals surface area contributed by atoms with Crippen LogP contribution in [-0.4, -0.2) is 22.4 Å². The summed E-state index contributed by atoms with van der Waals surface area (Å²) < 4.78 is 0. The quantitative estimate of drug-likeness (QED) is 0.824. The first-order chi connectivity index (χ1) is 11.0. The molecule has 23 heavy (non-hydrogen) atoms. The number of benzene rings is 1. The molecule has 0 aliphatic carbocycles. The minimum atomic E-state index is -0.161. The van der Waals surface area contributed by atoms with Crippen LogP contribution in [0.5, 0.6) is 0 Å². The molecule has 0 aliphatic rings. The molecule has 0 saturated carbocycles. The van der Waals surface area contributed by atoms with Crippen molar-refractivity contribution in [1.29, 1.82) is 0 Å². The SMILES string of the molecule is Cc1ccc(CNc2cc(C(=O)NCCC(C)C)ncn2)cc1. The molecule has 1 heterocycles. The third kappa shape index (κ3) is 5.70. The van der Waals surface area contributed by atoms with Gasteiger partial charge >= 0.3 is 0 Å². The van der Waals surface area contributed by atoms with E-state index in [0.29, 0.717) is 30.5 Å². The van der Waals surface area contributed by atoms with Crippen molar-refractivity contribution in [1.82, 2.24) is 15.3 Å². The Balaban J connectivity index is 1.91. The summed E-state index contributed by atoms with van der Waals surface area (Å²) in [6.07, 6.45) is 2.37. The Morgan fingerprint density at radius 1 is 1.17 bits per heavy atom. The lowest BCUT2D eigenvalue weighted by Gasteiger charge is -2.09. The second kappa shape index (κ2) is 8.27. The minimum Gasteiger partial charge on any atom is -0.366 e. The van der Waals surface area contributed by atoms with Crippen LogP contribution in [0.2, 0.25) is 0 Å². The zero-order chi connectivity index (χ0) is 16.7. The summed E-state index contributed by atoms with van der Waals surface area (Å²) in [5.41, 5.74) is 2.78. The van der Waals surface area contributed by atoms with Gasteiger partial charge in [0.1, 0.15) is 17.8 Å². The topological polar surface area (TPSA) is 66.9 Å². The zero-order valence-corrected chi connectivity index (χ0v) is 14.0. The largest absolute Gasteiger partial charge is 0.366 e. The predicted octanol–water partition coefficient (Wildman–Crippen LogP) is 3.17. The number of carbonyl (C=O) groups is 1. The molecule has 0 radical (unpaired) electrons. The lowest BCUT2D eigenvalue weighted by atomic mass is 10.1. The molecule has 2 rings (SSSR count). The highest BCUT2D eigenvalue weighted by molar-refractivity contribution is 5.92. The van der Waals surface area contributed by atoms with E-state index in [1.165, 1.54) is 11.9 Å². The van der Waals surface area contributed by atoms with Crippen molar-refractivity contribution in [3.8, 4) is 0 Å². The van der Waals surface area contributed by atoms with E-state index in [0.717, 1.165) is 12.0 Å². The summed E-state index contributed by atoms with van der Waals surface area (Å²) in [4.78, 5) is 20.3. The van der Waals surface area contributed by atoms with Crippen LogP contribution < -0.4 is 10.6 Å². The van der Waals surface area contributed by atoms with Gasteiger partial charge in [0.05, 0.1) is 0 Å². The number of carbonyl (C=O) groups excluding carboxylic acids is 1. The highest BCUT2D eigenvalue weighted by atomic mass is 16.1. The number of aromatic nitrogens is 2. The summed E-state index contributed by atoms with van der Waals surface area (Å²) in [5.74, 6) is 1.05. The molecule has 5 heteroatoms. The van der Waals surface area contributed by atoms with Gasteiger partial charge in [-0.3, -0.25) is 4.79 Å². The van der Waals surface area contributed by atoms with E-state index in [9.17, 15) is 4.79 Å². The molecular weight excluding hydrogens is 288 g/mol. The number of aryl methyl sites for hydroxylation is 1. The van der Waals surface area contributed by atoms with E-state index in [2.05, 4.69) is 65.6 Å². The van der Waals surface area contributed by atoms with Crippen LogP contribution in [-0.2, 0) is 6.54 Å². The highest BCUT2D eigenvalue weighted by Crippen LogP contribution is 2.08. The van der Waals surface area contributed by atoms with Gasteiger partial charge in [-0.25, -0.2) is 9.97 Å². The van der Waals surface area contributed by atoms with E-state index >= 15 is 0 Å². The fourth-order valence-electron chi connectivity index (χ4n) is 2.04. The Kier molecular flexibility index (Phi) is 6.09. The Labute approximate surface area is 137 Å². The summed E-state index contributed by atoms with van der Waals surface area (Å²) in [6.45, 7) is 7.64. The maximum atomic E-state index is 12.1. The fourth-order valence-corrected chi connectivity index (χ4v) is 2.04. The average Bonchev–Trinajstić information content (AvgIpc) is 2.54. The molecule has 0 atom stereocenters. The first-order valence-corrected chi connectivity index (χ1v) is 7.94. The highest BCUT2D eigenvalue weighted by Gasteiger charge is 2.08. The van der Waals surface area contributed by atoms with Gasteiger partial charge < -0.3 is 10.6 Å². The molecule has 122 valence electrons. The number of nitrogens with one attached hydrogen (secondary N) is 2. The van der Waals surface area contributed by atoms with Crippen molar-refractivity contribution < 1.29 is 4.79 Å². The monoisotopic (exact) mass is 312 g/mol. The number of rotatable bonds is 7. The zero-order valence-electron chi connectivity index (χ0n) is 14.0. The summed E-state index contributed by atoms with van der Waals surface area (Å²) in [7, 11) is 0. The van der Waals surface area contributed by atoms with Gasteiger partial charge in [-0.2, -0.15) is 0 Å². The van der Waals surface area contributed by atoms with Gasteiger partial charge in [0.2, 0.25) is 0 Å². The normalized spacial score (nSPS) is 10.6. The molecule has 0 bridgehead atoms. The maximum Gasteiger partial charge on any atom is 0.270 e. The van der Waals surface area contributed by atoms with Crippen LogP contribution in [0.4, 0.5) is 5.82 Å². The third-order valence-electron chi connectivity index (χ3n) is 3.50. The van der Waals surface area contributed by atoms with Gasteiger partial charge in [-0.05, 0) is 24.8 Å². The molecule has 0 unspecified atom stereocenters. The van der Waals surface area contributed by atoms with E-state index in [4.69, 9.17) is 0 Å². The Morgan fingerprint density at radius 3 is 2.61 bits per heavy atom. The summed E-state index contributed by atoms with van der Waals surface area (Å²) in [6, 6.07) is 9.97. The maximum absolute atomic E-state index is 12.1. The van der Waals surface area contributed by atoms with Crippen molar-refractivity contribution in [2.24, 2.45) is 5.92 Å². The number of anilines is 1. The first-order valence-electron chi connectivity index (χ1n) is 7.94. The molecule has 1 aromatic carbocycles. The first kappa shape index (κ1) is 16.9. The average molecular weight is 312 g/mol. The molecule has 0 spiro atoms. The van der Waals surface area contributed by atoms with Crippen molar-refractivity contribution in [2.45, 2.75) is 33.7 Å². The second-order valence-electron chi connectivity index (χ2n) is 6.07. The summed E-state index contributed by atoms with van der Waals surface area (Å²) in [5, 5.41) is 6.10. The van der Waals surface area contributed by atoms with E-state index in [-0.39, 0.29) is 5.91 Å². The van der Waals surface area contributed by atoms with Crippen molar-refractivity contribution in [2.75, 3.05) is 11.9 Å². The third-order valence-corrected chi connectivity index (χ3v) is 3.50. The van der Waals surface area contributed by atoms with Crippen LogP contribution in [0.15, 0.2) is 36.7 Å². The smallest absolute Gasteiger partial charge is 0.270 e. The van der Waals surface area contributed by atoms with Crippen LogP contribution >= 0.6 is 0 Å². The minimum absolute atomic E-state index is 0.161. The number of hydrogen-bond donors (Lipinski definition) is 2. The summed E-state index contributed by atoms with van der Waals surface area (Å²) >= 11 is 0. The number of nitrogens with zero attached hydrogens (tertiary/aromatic N) is 2. The van der Waals surface area contributed by atoms with Crippen molar-refractivity contribution >= 4 is 11.7 Å². The molecule has 2 aromatic rings. The molecule has 1 amide bonds. The molecule has 2 N–H and O–H groups in total. The predicted molar refractivity (Wildman–Crippen MR) is 92.3 cm³/mol. The fraction of sp³-hybridized carbons (Fsp3) is 0.389. The molecule has 0 aliphatic heterocycles. The van der Waals surface area contributed by atoms with Crippen molar-refractivity contribution in [3.05, 3.63) is 53.5 Å². The van der Waals surface area contributed by atoms with Gasteiger partial charge in [-0.15, -0.1) is 0 Å². The van der Waals surface area contributed by atoms with Gasteiger partial charge in [-0.1, -0.05) is 43.7 Å². The van der Waals surface area contributed by atoms with Crippen LogP contribution in [0.25, 0.3) is 0 Å². The Bertz CT molecular complexity index is 638. The Morgan fingerprint density at radius 2 is 1.91 bits per heavy atom. The van der Waals surface area contributed by atoms with Gasteiger partial charge in [0.25, 0.3) is 5.91 Å². The lowest BCUT2D eigenvalue weighted by molar-refractivity contribution is 0.0947. The van der Waals surface area contributed by atoms with E-state index in [1.54, 1.807) is 6.07 Å². The van der Waals surface area contributed by atoms with Crippen LogP contribution in [0.1, 0.15) is 41.9 Å². The second-order valence-corrected chi connectivity index (χ2v) is 6.07. The molecular formula is C18H24N4O. The van der Waals surface area contributed by atoms with Crippen LogP contribution in [0, 0.1) is 12.8 Å². The standard InChI is InChI=1S/C18H24N4O/c1-13(2)8-9-19-18(23)16-10-17(22-12-21-16)20-11-15-6-4-14(3)5-7-15/h4-7,10,12-13H,8-9,11H2,1-3H3,(H,19,23)(H,20,21,22). The number of amides is 1. The number of hydrogen-bond acceptors (Lipinski definition) is 4. The lowest BCUT2D eigenvalue weighted by Crippen LogP contribution is -2.26. The molecule has 0 saturated heterocycles.